The number of carbonyl (C=O) groups is 1. The second-order valence-electron chi connectivity index (χ2n) is 0.787. The number of carbonyl (C=O) groups excluding carboxylic acids is 1. The fourth-order valence-corrected chi connectivity index (χ4v) is 0.186. The lowest BCUT2D eigenvalue weighted by Gasteiger charge is -2.03. The van der Waals surface area contributed by atoms with Gasteiger partial charge in [-0.2, -0.15) is 0 Å². The topological polar surface area (TPSA) is 35.5 Å². The van der Waals surface area contributed by atoms with E-state index in [9.17, 15) is 4.79 Å². The molecule has 1 fully saturated rings. The Balaban J connectivity index is 2.37. The second kappa shape index (κ2) is 1.18. The molecule has 0 amide bonds. The Kier molecular flexibility index (Phi) is 0.686. The minimum Gasteiger partial charge on any atom is -0.660 e. The molecule has 0 atom stereocenters. The maximum absolute atomic E-state index is 9.81. The van der Waals surface area contributed by atoms with E-state index in [1.165, 1.54) is 0 Å². The lowest BCUT2D eigenvalue weighted by Crippen LogP contribution is -1.87. The fraction of sp³-hybridized carbons (Fsp3) is 0. The van der Waals surface area contributed by atoms with Crippen LogP contribution in [-0.2, 0) is 14.3 Å². The predicted octanol–water partition coefficient (Wildman–Crippen LogP) is -0.159. The van der Waals surface area contributed by atoms with Gasteiger partial charge in [0.1, 0.15) is 0 Å². The van der Waals surface area contributed by atoms with Crippen LogP contribution in [0.15, 0.2) is 0 Å². The summed E-state index contributed by atoms with van der Waals surface area (Å²) in [5.41, 5.74) is 0. The van der Waals surface area contributed by atoms with E-state index in [2.05, 4.69) is 9.47 Å². The highest BCUT2D eigenvalue weighted by Crippen LogP contribution is 2.00. The van der Waals surface area contributed by atoms with Gasteiger partial charge in [-0.25, -0.2) is 6.61 Å². The molecule has 3 nitrogen and oxygen atoms in total. The molecule has 1 rings (SSSR count). The van der Waals surface area contributed by atoms with Crippen molar-refractivity contribution in [3.63, 3.8) is 0 Å². The number of cyclic esters (lactones) is 1. The monoisotopic (exact) mass is 86.0 g/mol. The highest BCUT2D eigenvalue weighted by Gasteiger charge is 1.83. The Morgan fingerprint density at radius 1 is 1.67 bits per heavy atom. The Morgan fingerprint density at radius 2 is 2.50 bits per heavy atom. The zero-order valence-corrected chi connectivity index (χ0v) is 2.88. The Hall–Kier alpha value is -0.700. The summed E-state index contributed by atoms with van der Waals surface area (Å²) in [5, 5.41) is 0. The maximum atomic E-state index is 9.81. The van der Waals surface area contributed by atoms with Gasteiger partial charge in [-0.3, -0.25) is 4.79 Å². The molecule has 1 aliphatic rings. The van der Waals surface area contributed by atoms with E-state index in [1.807, 2.05) is 0 Å². The smallest absolute Gasteiger partial charge is 0.157 e. The number of esters is 1. The molecule has 0 aromatic heterocycles. The van der Waals surface area contributed by atoms with E-state index < -0.39 is 5.97 Å². The van der Waals surface area contributed by atoms with Gasteiger partial charge >= 0.3 is 0 Å². The third-order valence-electron chi connectivity index (χ3n) is 0.384. The molecule has 0 aromatic rings. The van der Waals surface area contributed by atoms with Gasteiger partial charge in [-0.05, 0) is 0 Å². The molecule has 0 unspecified atom stereocenters. The first-order valence-corrected chi connectivity index (χ1v) is 1.40. The summed E-state index contributed by atoms with van der Waals surface area (Å²) in [6.07, 6.45) is 0. The highest BCUT2D eigenvalue weighted by atomic mass is 16.7. The Bertz CT molecular complexity index is 60.4. The van der Waals surface area contributed by atoms with Crippen molar-refractivity contribution in [2.75, 3.05) is 0 Å². The summed E-state index contributed by atoms with van der Waals surface area (Å²) in [5.74, 6) is -0.449. The zero-order chi connectivity index (χ0) is 4.41. The van der Waals surface area contributed by atoms with E-state index in [1.54, 1.807) is 0 Å². The van der Waals surface area contributed by atoms with Crippen LogP contribution in [0.4, 0.5) is 0 Å². The molecule has 1 heterocycles. The van der Waals surface area contributed by atoms with Crippen molar-refractivity contribution in [1.29, 1.82) is 0 Å². The molecule has 0 spiro atoms. The van der Waals surface area contributed by atoms with Gasteiger partial charge in [-0.15, -0.1) is 0 Å². The molecule has 0 N–H and O–H groups in total. The van der Waals surface area contributed by atoms with Gasteiger partial charge in [-0.1, -0.05) is 6.79 Å². The van der Waals surface area contributed by atoms with Gasteiger partial charge in [0.05, 0.1) is 0 Å². The standard InChI is InChI=1S/C3H2O3/c4-3-1-5-2-6-3/h1-2H/q-2. The van der Waals surface area contributed by atoms with Crippen molar-refractivity contribution >= 4 is 5.97 Å². The first-order chi connectivity index (χ1) is 2.89. The van der Waals surface area contributed by atoms with Gasteiger partial charge in [0.25, 0.3) is 0 Å². The molecular formula is C3H2O3-2. The third kappa shape index (κ3) is 0.440. The van der Waals surface area contributed by atoms with Gasteiger partial charge in [0.2, 0.25) is 0 Å². The average molecular weight is 86.0 g/mol. The molecule has 1 aliphatic heterocycles. The summed E-state index contributed by atoms with van der Waals surface area (Å²) >= 11 is 0. The van der Waals surface area contributed by atoms with Gasteiger partial charge < -0.3 is 9.47 Å². The largest absolute Gasteiger partial charge is 0.660 e. The maximum Gasteiger partial charge on any atom is 0.157 e. The Morgan fingerprint density at radius 3 is 2.67 bits per heavy atom. The summed E-state index contributed by atoms with van der Waals surface area (Å²) in [6, 6.07) is 0. The molecule has 6 heavy (non-hydrogen) atoms. The first kappa shape index (κ1) is 3.49. The van der Waals surface area contributed by atoms with Crippen LogP contribution in [0.3, 0.4) is 0 Å². The van der Waals surface area contributed by atoms with Crippen molar-refractivity contribution in [2.24, 2.45) is 0 Å². The minimum atomic E-state index is -0.449. The normalized spacial score (nSPS) is 19.7. The van der Waals surface area contributed by atoms with Crippen molar-refractivity contribution in [3.05, 3.63) is 13.4 Å². The van der Waals surface area contributed by atoms with Gasteiger partial charge in [0.15, 0.2) is 5.97 Å². The Labute approximate surface area is 34.9 Å². The summed E-state index contributed by atoms with van der Waals surface area (Å²) in [7, 11) is 0. The molecule has 3 heteroatoms. The molecule has 1 saturated heterocycles. The molecule has 34 valence electrons. The summed E-state index contributed by atoms with van der Waals surface area (Å²) in [4.78, 5) is 9.81. The average Bonchev–Trinajstić information content (AvgIpc) is 1.86. The molecule has 0 saturated carbocycles. The minimum absolute atomic E-state index is 0.449. The van der Waals surface area contributed by atoms with Crippen LogP contribution in [-0.4, -0.2) is 5.97 Å². The number of ether oxygens (including phenoxy) is 2. The van der Waals surface area contributed by atoms with Crippen LogP contribution in [0.5, 0.6) is 0 Å². The number of hydrogen-bond donors (Lipinski definition) is 0. The lowest BCUT2D eigenvalue weighted by molar-refractivity contribution is -0.133. The van der Waals surface area contributed by atoms with Crippen LogP contribution in [0.1, 0.15) is 0 Å². The van der Waals surface area contributed by atoms with Crippen molar-refractivity contribution in [2.45, 2.75) is 0 Å². The summed E-state index contributed by atoms with van der Waals surface area (Å²) in [6.45, 7) is 1.96. The van der Waals surface area contributed by atoms with Crippen molar-refractivity contribution < 1.29 is 14.3 Å². The van der Waals surface area contributed by atoms with E-state index in [4.69, 9.17) is 0 Å². The van der Waals surface area contributed by atoms with E-state index in [0.717, 1.165) is 13.4 Å². The van der Waals surface area contributed by atoms with Crippen LogP contribution in [0.2, 0.25) is 0 Å². The first-order valence-electron chi connectivity index (χ1n) is 1.40. The van der Waals surface area contributed by atoms with Crippen molar-refractivity contribution in [3.8, 4) is 0 Å². The third-order valence-corrected chi connectivity index (χ3v) is 0.384. The zero-order valence-electron chi connectivity index (χ0n) is 2.88. The molecule has 0 bridgehead atoms. The van der Waals surface area contributed by atoms with Crippen molar-refractivity contribution in [1.82, 2.24) is 0 Å². The fourth-order valence-electron chi connectivity index (χ4n) is 0.186. The van der Waals surface area contributed by atoms with E-state index in [0.29, 0.717) is 0 Å². The quantitative estimate of drug-likeness (QED) is 0.303. The van der Waals surface area contributed by atoms with E-state index in [-0.39, 0.29) is 0 Å². The lowest BCUT2D eigenvalue weighted by atomic mass is 10.8. The SMILES string of the molecule is O=C1[CH-]O[CH-]O1. The predicted molar refractivity (Wildman–Crippen MR) is 15.8 cm³/mol. The molecule has 0 aromatic carbocycles. The molecule has 0 radical (unpaired) electrons. The van der Waals surface area contributed by atoms with Gasteiger partial charge in [0, 0.05) is 0 Å². The molecule has 0 aliphatic carbocycles. The highest BCUT2D eigenvalue weighted by molar-refractivity contribution is 5.78. The second-order valence-corrected chi connectivity index (χ2v) is 0.787. The van der Waals surface area contributed by atoms with Crippen LogP contribution < -0.4 is 0 Å². The molecular weight excluding hydrogens is 84.0 g/mol. The van der Waals surface area contributed by atoms with Crippen LogP contribution in [0, 0.1) is 13.4 Å². The number of rotatable bonds is 0. The summed E-state index contributed by atoms with van der Waals surface area (Å²) < 4.78 is 8.35. The van der Waals surface area contributed by atoms with E-state index >= 15 is 0 Å². The van der Waals surface area contributed by atoms with Crippen LogP contribution in [0.25, 0.3) is 0 Å². The number of hydrogen-bond acceptors (Lipinski definition) is 3. The van der Waals surface area contributed by atoms with Crippen LogP contribution >= 0.6 is 0 Å².